The molecule has 3 N–H and O–H groups in total. The van der Waals surface area contributed by atoms with Crippen molar-refractivity contribution in [3.63, 3.8) is 0 Å². The number of unbranched alkanes of at least 4 members (excludes halogenated alkanes) is 1. The summed E-state index contributed by atoms with van der Waals surface area (Å²) in [5, 5.41) is 3.90. The van der Waals surface area contributed by atoms with Crippen molar-refractivity contribution < 1.29 is 9.59 Å². The molecule has 3 fully saturated rings. The van der Waals surface area contributed by atoms with Crippen molar-refractivity contribution in [2.45, 2.75) is 93.1 Å². The van der Waals surface area contributed by atoms with Crippen molar-refractivity contribution in [3.05, 3.63) is 53.4 Å². The number of ketones is 1. The number of hydrogen-bond donors (Lipinski definition) is 2. The lowest BCUT2D eigenvalue weighted by Crippen LogP contribution is -2.30. The molecule has 0 heterocycles. The van der Waals surface area contributed by atoms with Crippen LogP contribution < -0.4 is 11.1 Å². The van der Waals surface area contributed by atoms with E-state index in [1.54, 1.807) is 6.08 Å². The molecule has 1 aromatic rings. The van der Waals surface area contributed by atoms with E-state index in [9.17, 15) is 9.59 Å². The Balaban J connectivity index is 1.59. The van der Waals surface area contributed by atoms with E-state index in [-0.39, 0.29) is 17.7 Å². The fraction of sp³-hybridized carbons (Fsp3) is 0.556. The summed E-state index contributed by atoms with van der Waals surface area (Å²) in [4.78, 5) is 26.8. The van der Waals surface area contributed by atoms with E-state index in [0.717, 1.165) is 42.2 Å². The van der Waals surface area contributed by atoms with Crippen molar-refractivity contribution in [2.24, 2.45) is 11.7 Å². The summed E-state index contributed by atoms with van der Waals surface area (Å²) in [5.41, 5.74) is 8.91. The second kappa shape index (κ2) is 10.7. The molecule has 172 valence electrons. The summed E-state index contributed by atoms with van der Waals surface area (Å²) in [7, 11) is 0. The molecule has 3 aliphatic carbocycles. The molecule has 5 heteroatoms. The molecule has 2 atom stereocenters. The number of amides is 1. The van der Waals surface area contributed by atoms with Crippen molar-refractivity contribution in [2.75, 3.05) is 0 Å². The van der Waals surface area contributed by atoms with Gasteiger partial charge >= 0.3 is 0 Å². The molecule has 4 nitrogen and oxygen atoms in total. The van der Waals surface area contributed by atoms with Crippen LogP contribution in [0.1, 0.15) is 94.1 Å². The molecule has 3 saturated carbocycles. The highest BCUT2D eigenvalue weighted by atomic mass is 32.2. The van der Waals surface area contributed by atoms with Gasteiger partial charge in [0.15, 0.2) is 0 Å². The Bertz CT molecular complexity index is 899. The maximum atomic E-state index is 13.5. The summed E-state index contributed by atoms with van der Waals surface area (Å²) < 4.78 is 0. The predicted octanol–water partition coefficient (Wildman–Crippen LogP) is 5.93. The Morgan fingerprint density at radius 1 is 1.25 bits per heavy atom. The van der Waals surface area contributed by atoms with Crippen molar-refractivity contribution in [3.8, 4) is 0 Å². The van der Waals surface area contributed by atoms with Crippen LogP contribution in [0.5, 0.6) is 0 Å². The number of hydrogen-bond acceptors (Lipinski definition) is 4. The Hall–Kier alpha value is -2.01. The molecule has 0 aliphatic heterocycles. The zero-order chi connectivity index (χ0) is 22.5. The predicted molar refractivity (Wildman–Crippen MR) is 131 cm³/mol. The van der Waals surface area contributed by atoms with E-state index in [4.69, 9.17) is 5.73 Å². The van der Waals surface area contributed by atoms with Crippen LogP contribution in [0.4, 0.5) is 0 Å². The summed E-state index contributed by atoms with van der Waals surface area (Å²) in [6.45, 7) is 2.11. The Kier molecular flexibility index (Phi) is 7.77. The number of allylic oxidation sites excluding steroid dienone is 2. The summed E-state index contributed by atoms with van der Waals surface area (Å²) >= 11 is 2.02. The second-order valence-corrected chi connectivity index (χ2v) is 11.0. The van der Waals surface area contributed by atoms with Gasteiger partial charge in [-0.25, -0.2) is 0 Å². The van der Waals surface area contributed by atoms with Crippen LogP contribution in [-0.4, -0.2) is 16.9 Å². The zero-order valence-electron chi connectivity index (χ0n) is 19.1. The molecule has 3 aliphatic rings. The van der Waals surface area contributed by atoms with Crippen molar-refractivity contribution in [1.82, 2.24) is 5.32 Å². The van der Waals surface area contributed by atoms with Crippen molar-refractivity contribution >= 4 is 23.5 Å². The fourth-order valence-corrected chi connectivity index (χ4v) is 5.82. The molecule has 1 aromatic carbocycles. The standard InChI is InChI=1S/C27H36N2O2S/c1-2-3-4-21(13-14-28)29-27(31)25(16-18-5-9-22(30)15-18)20-8-12-26(32-23-10-11-23)24(17-20)19-6-7-19/h4,8,12-14,17-19,23,25H,2-3,5-7,9-11,15-16,28H2,1H3,(H,29,31)/b14-13-,21-4-/t18-,25+/m0/s1. The molecule has 0 unspecified atom stereocenters. The third-order valence-electron chi connectivity index (χ3n) is 6.70. The quantitative estimate of drug-likeness (QED) is 0.408. The Morgan fingerprint density at radius 2 is 2.06 bits per heavy atom. The molecule has 0 bridgehead atoms. The van der Waals surface area contributed by atoms with Gasteiger partial charge in [-0.1, -0.05) is 31.6 Å². The molecule has 4 rings (SSSR count). The number of Topliss-reactive ketones (excluding diaryl/α,β-unsaturated/α-hetero) is 1. The first kappa shape index (κ1) is 23.2. The van der Waals surface area contributed by atoms with Crippen LogP contribution >= 0.6 is 11.8 Å². The molecule has 1 amide bonds. The van der Waals surface area contributed by atoms with Gasteiger partial charge in [0.2, 0.25) is 5.91 Å². The SMILES string of the molecule is CCC/C=C(/C=C\N)NC(=O)[C@H](C[C@H]1CCC(=O)C1)c1ccc(SC2CC2)c(C2CC2)c1. The van der Waals surface area contributed by atoms with Gasteiger partial charge in [0.05, 0.1) is 5.92 Å². The van der Waals surface area contributed by atoms with Crippen molar-refractivity contribution in [1.29, 1.82) is 0 Å². The number of carbonyl (C=O) groups is 2. The van der Waals surface area contributed by atoms with E-state index in [0.29, 0.717) is 24.5 Å². The third-order valence-corrected chi connectivity index (χ3v) is 8.13. The number of carbonyl (C=O) groups excluding carboxylic acids is 2. The number of thioether (sulfide) groups is 1. The Morgan fingerprint density at radius 3 is 2.69 bits per heavy atom. The normalized spacial score (nSPS) is 22.5. The lowest BCUT2D eigenvalue weighted by atomic mass is 9.86. The molecule has 0 aromatic heterocycles. The van der Waals surface area contributed by atoms with Crippen LogP contribution in [0, 0.1) is 5.92 Å². The molecule has 0 radical (unpaired) electrons. The molecular formula is C27H36N2O2S. The van der Waals surface area contributed by atoms with E-state index in [1.807, 2.05) is 17.8 Å². The topological polar surface area (TPSA) is 72.2 Å². The first-order chi connectivity index (χ1) is 15.6. The number of benzene rings is 1. The maximum Gasteiger partial charge on any atom is 0.231 e. The molecule has 32 heavy (non-hydrogen) atoms. The van der Waals surface area contributed by atoms with Crippen LogP contribution in [-0.2, 0) is 9.59 Å². The van der Waals surface area contributed by atoms with Gasteiger partial charge in [0.25, 0.3) is 0 Å². The lowest BCUT2D eigenvalue weighted by Gasteiger charge is -2.22. The minimum absolute atomic E-state index is 0.00847. The van der Waals surface area contributed by atoms with E-state index in [2.05, 4.69) is 30.4 Å². The average Bonchev–Trinajstić information content (AvgIpc) is 3.71. The summed E-state index contributed by atoms with van der Waals surface area (Å²) in [6, 6.07) is 6.71. The van der Waals surface area contributed by atoms with E-state index < -0.39 is 0 Å². The van der Waals surface area contributed by atoms with E-state index >= 15 is 0 Å². The van der Waals surface area contributed by atoms with Gasteiger partial charge in [-0.15, -0.1) is 11.8 Å². The number of nitrogens with two attached hydrogens (primary N) is 1. The summed E-state index contributed by atoms with van der Waals surface area (Å²) in [6.07, 6.45) is 15.2. The first-order valence-electron chi connectivity index (χ1n) is 12.3. The molecular weight excluding hydrogens is 416 g/mol. The van der Waals surface area contributed by atoms with Crippen LogP contribution in [0.25, 0.3) is 0 Å². The van der Waals surface area contributed by atoms with Gasteiger partial charge in [0, 0.05) is 28.7 Å². The van der Waals surface area contributed by atoms with Gasteiger partial charge < -0.3 is 11.1 Å². The smallest absolute Gasteiger partial charge is 0.231 e. The second-order valence-electron chi connectivity index (χ2n) is 9.62. The highest BCUT2D eigenvalue weighted by Gasteiger charge is 2.33. The highest BCUT2D eigenvalue weighted by molar-refractivity contribution is 8.00. The maximum absolute atomic E-state index is 13.5. The van der Waals surface area contributed by atoms with Crippen LogP contribution in [0.3, 0.4) is 0 Å². The third kappa shape index (κ3) is 6.28. The van der Waals surface area contributed by atoms with Gasteiger partial charge in [-0.2, -0.15) is 0 Å². The monoisotopic (exact) mass is 452 g/mol. The average molecular weight is 453 g/mol. The van der Waals surface area contributed by atoms with Gasteiger partial charge in [-0.05, 0) is 86.3 Å². The molecule has 0 spiro atoms. The largest absolute Gasteiger partial charge is 0.405 e. The minimum Gasteiger partial charge on any atom is -0.405 e. The van der Waals surface area contributed by atoms with Gasteiger partial charge in [-0.3, -0.25) is 9.59 Å². The number of nitrogens with one attached hydrogen (secondary N) is 1. The minimum atomic E-state index is -0.250. The lowest BCUT2D eigenvalue weighted by molar-refractivity contribution is -0.122. The zero-order valence-corrected chi connectivity index (χ0v) is 20.0. The number of rotatable bonds is 11. The van der Waals surface area contributed by atoms with E-state index in [1.165, 1.54) is 42.3 Å². The molecule has 0 saturated heterocycles. The Labute approximate surface area is 196 Å². The van der Waals surface area contributed by atoms with Gasteiger partial charge in [0.1, 0.15) is 5.78 Å². The van der Waals surface area contributed by atoms with Crippen LogP contribution in [0.2, 0.25) is 0 Å². The fourth-order valence-electron chi connectivity index (χ4n) is 4.58. The first-order valence-corrected chi connectivity index (χ1v) is 13.2. The highest BCUT2D eigenvalue weighted by Crippen LogP contribution is 2.49. The summed E-state index contributed by atoms with van der Waals surface area (Å²) in [5.74, 6) is 1.02. The van der Waals surface area contributed by atoms with Crippen LogP contribution in [0.15, 0.2) is 47.1 Å².